The van der Waals surface area contributed by atoms with E-state index in [1.54, 1.807) is 0 Å². The minimum absolute atomic E-state index is 0.484. The van der Waals surface area contributed by atoms with Gasteiger partial charge in [0, 0.05) is 6.04 Å². The molecule has 1 heteroatoms. The van der Waals surface area contributed by atoms with E-state index in [1.165, 1.54) is 38.6 Å². The lowest BCUT2D eigenvalue weighted by molar-refractivity contribution is 0.275. The van der Waals surface area contributed by atoms with Gasteiger partial charge in [-0.05, 0) is 49.5 Å². The Kier molecular flexibility index (Phi) is 4.22. The summed E-state index contributed by atoms with van der Waals surface area (Å²) in [6.45, 7) is 12.9. The van der Waals surface area contributed by atoms with E-state index in [2.05, 4.69) is 39.9 Å². The van der Waals surface area contributed by atoms with Crippen molar-refractivity contribution in [3.8, 4) is 0 Å². The molecule has 1 aliphatic carbocycles. The van der Waals surface area contributed by atoms with E-state index in [9.17, 15) is 0 Å². The number of hydrogen-bond donors (Lipinski definition) is 1. The van der Waals surface area contributed by atoms with Crippen LogP contribution in [0.1, 0.15) is 66.7 Å². The van der Waals surface area contributed by atoms with Gasteiger partial charge in [0.25, 0.3) is 0 Å². The molecule has 0 heterocycles. The molecule has 0 aromatic rings. The Labute approximate surface area is 96.0 Å². The van der Waals surface area contributed by atoms with Crippen molar-refractivity contribution < 1.29 is 0 Å². The monoisotopic (exact) mass is 211 g/mol. The first-order valence-electron chi connectivity index (χ1n) is 6.61. The normalized spacial score (nSPS) is 21.4. The predicted octanol–water partition coefficient (Wildman–Crippen LogP) is 3.98. The zero-order chi connectivity index (χ0) is 11.5. The van der Waals surface area contributed by atoms with E-state index < -0.39 is 0 Å². The molecule has 1 fully saturated rings. The molecule has 1 aliphatic rings. The molecular weight excluding hydrogens is 182 g/mol. The zero-order valence-corrected chi connectivity index (χ0v) is 11.3. The van der Waals surface area contributed by atoms with E-state index in [0.29, 0.717) is 10.8 Å². The highest BCUT2D eigenvalue weighted by molar-refractivity contribution is 4.98. The van der Waals surface area contributed by atoms with Crippen LogP contribution in [0, 0.1) is 10.8 Å². The van der Waals surface area contributed by atoms with E-state index in [1.807, 2.05) is 0 Å². The van der Waals surface area contributed by atoms with Gasteiger partial charge in [-0.25, -0.2) is 0 Å². The van der Waals surface area contributed by atoms with Gasteiger partial charge in [-0.2, -0.15) is 0 Å². The average molecular weight is 211 g/mol. The predicted molar refractivity (Wildman–Crippen MR) is 68.1 cm³/mol. The summed E-state index contributed by atoms with van der Waals surface area (Å²) < 4.78 is 0. The summed E-state index contributed by atoms with van der Waals surface area (Å²) in [6, 6.07) is 0.761. The maximum atomic E-state index is 3.74. The van der Waals surface area contributed by atoms with Gasteiger partial charge in [-0.1, -0.05) is 34.6 Å². The molecule has 0 aliphatic heterocycles. The third-order valence-corrected chi connectivity index (χ3v) is 3.70. The molecule has 15 heavy (non-hydrogen) atoms. The van der Waals surface area contributed by atoms with Crippen molar-refractivity contribution in [3.63, 3.8) is 0 Å². The fraction of sp³-hybridized carbons (Fsp3) is 1.00. The van der Waals surface area contributed by atoms with Crippen LogP contribution in [-0.4, -0.2) is 12.6 Å². The summed E-state index contributed by atoms with van der Waals surface area (Å²) in [5.41, 5.74) is 1.11. The highest BCUT2D eigenvalue weighted by atomic mass is 14.9. The van der Waals surface area contributed by atoms with Crippen LogP contribution < -0.4 is 5.32 Å². The Morgan fingerprint density at radius 2 is 1.87 bits per heavy atom. The summed E-state index contributed by atoms with van der Waals surface area (Å²) in [5.74, 6) is 0. The van der Waals surface area contributed by atoms with Gasteiger partial charge in [0.15, 0.2) is 0 Å². The van der Waals surface area contributed by atoms with Crippen LogP contribution >= 0.6 is 0 Å². The summed E-state index contributed by atoms with van der Waals surface area (Å²) in [5, 5.41) is 3.74. The average Bonchev–Trinajstić information content (AvgIpc) is 2.83. The molecule has 1 rings (SSSR count). The molecule has 0 amide bonds. The molecule has 1 nitrogen and oxygen atoms in total. The van der Waals surface area contributed by atoms with Gasteiger partial charge in [-0.15, -0.1) is 0 Å². The SMILES string of the molecule is CCCNC(CCC(C)(C)C)C1(C)CC1. The Bertz CT molecular complexity index is 186. The molecule has 0 saturated heterocycles. The van der Waals surface area contributed by atoms with E-state index in [4.69, 9.17) is 0 Å². The molecule has 1 N–H and O–H groups in total. The fourth-order valence-electron chi connectivity index (χ4n) is 2.14. The first-order chi connectivity index (χ1) is 6.87. The van der Waals surface area contributed by atoms with Crippen molar-refractivity contribution in [2.75, 3.05) is 6.54 Å². The molecule has 90 valence electrons. The molecule has 1 unspecified atom stereocenters. The van der Waals surface area contributed by atoms with Crippen molar-refractivity contribution in [2.24, 2.45) is 10.8 Å². The Hall–Kier alpha value is -0.0400. The lowest BCUT2D eigenvalue weighted by atomic mass is 9.84. The highest BCUT2D eigenvalue weighted by Gasteiger charge is 2.44. The van der Waals surface area contributed by atoms with Crippen LogP contribution in [0.5, 0.6) is 0 Å². The molecule has 1 atom stereocenters. The number of rotatable bonds is 6. The smallest absolute Gasteiger partial charge is 0.0121 e. The molecule has 0 spiro atoms. The van der Waals surface area contributed by atoms with Crippen LogP contribution in [0.25, 0.3) is 0 Å². The van der Waals surface area contributed by atoms with Crippen molar-refractivity contribution >= 4 is 0 Å². The van der Waals surface area contributed by atoms with Gasteiger partial charge < -0.3 is 5.32 Å². The molecule has 1 saturated carbocycles. The van der Waals surface area contributed by atoms with Gasteiger partial charge in [0.2, 0.25) is 0 Å². The van der Waals surface area contributed by atoms with Crippen LogP contribution in [0.4, 0.5) is 0 Å². The van der Waals surface area contributed by atoms with E-state index in [-0.39, 0.29) is 0 Å². The quantitative estimate of drug-likeness (QED) is 0.700. The lowest BCUT2D eigenvalue weighted by Crippen LogP contribution is -2.37. The summed E-state index contributed by atoms with van der Waals surface area (Å²) in [6.07, 6.45) is 6.79. The second kappa shape index (κ2) is 4.86. The first kappa shape index (κ1) is 13.0. The maximum Gasteiger partial charge on any atom is 0.0121 e. The summed E-state index contributed by atoms with van der Waals surface area (Å²) in [4.78, 5) is 0. The molecular formula is C14H29N. The third kappa shape index (κ3) is 4.55. The number of hydrogen-bond acceptors (Lipinski definition) is 1. The zero-order valence-electron chi connectivity index (χ0n) is 11.3. The molecule has 0 radical (unpaired) electrons. The third-order valence-electron chi connectivity index (χ3n) is 3.70. The van der Waals surface area contributed by atoms with Crippen LogP contribution in [0.3, 0.4) is 0 Å². The number of nitrogens with one attached hydrogen (secondary N) is 1. The molecule has 0 bridgehead atoms. The Morgan fingerprint density at radius 1 is 1.27 bits per heavy atom. The summed E-state index contributed by atoms with van der Waals surface area (Å²) >= 11 is 0. The summed E-state index contributed by atoms with van der Waals surface area (Å²) in [7, 11) is 0. The topological polar surface area (TPSA) is 12.0 Å². The van der Waals surface area contributed by atoms with Gasteiger partial charge in [0.05, 0.1) is 0 Å². The molecule has 0 aromatic carbocycles. The van der Waals surface area contributed by atoms with Crippen LogP contribution in [0.2, 0.25) is 0 Å². The first-order valence-corrected chi connectivity index (χ1v) is 6.61. The van der Waals surface area contributed by atoms with Crippen molar-refractivity contribution in [2.45, 2.75) is 72.8 Å². The van der Waals surface area contributed by atoms with Crippen LogP contribution in [0.15, 0.2) is 0 Å². The minimum Gasteiger partial charge on any atom is -0.313 e. The van der Waals surface area contributed by atoms with Gasteiger partial charge in [0.1, 0.15) is 0 Å². The Balaban J connectivity index is 2.36. The van der Waals surface area contributed by atoms with Crippen molar-refractivity contribution in [1.82, 2.24) is 5.32 Å². The Morgan fingerprint density at radius 3 is 2.27 bits per heavy atom. The van der Waals surface area contributed by atoms with Crippen molar-refractivity contribution in [1.29, 1.82) is 0 Å². The largest absolute Gasteiger partial charge is 0.313 e. The van der Waals surface area contributed by atoms with Gasteiger partial charge >= 0.3 is 0 Å². The second-order valence-electron chi connectivity index (χ2n) is 6.76. The molecule has 0 aromatic heterocycles. The lowest BCUT2D eigenvalue weighted by Gasteiger charge is -2.28. The van der Waals surface area contributed by atoms with Gasteiger partial charge in [-0.3, -0.25) is 0 Å². The standard InChI is InChI=1S/C14H29N/c1-6-11-15-12(14(5)9-10-14)7-8-13(2,3)4/h12,15H,6-11H2,1-5H3. The fourth-order valence-corrected chi connectivity index (χ4v) is 2.14. The minimum atomic E-state index is 0.484. The van der Waals surface area contributed by atoms with E-state index in [0.717, 1.165) is 6.04 Å². The van der Waals surface area contributed by atoms with E-state index >= 15 is 0 Å². The van der Waals surface area contributed by atoms with Crippen molar-refractivity contribution in [3.05, 3.63) is 0 Å². The van der Waals surface area contributed by atoms with Crippen LogP contribution in [-0.2, 0) is 0 Å². The second-order valence-corrected chi connectivity index (χ2v) is 6.76. The highest BCUT2D eigenvalue weighted by Crippen LogP contribution is 2.49. The maximum absolute atomic E-state index is 3.74.